The van der Waals surface area contributed by atoms with Crippen LogP contribution in [0.4, 0.5) is 5.69 Å². The van der Waals surface area contributed by atoms with E-state index in [0.717, 1.165) is 15.9 Å². The number of anilines is 1. The number of nitriles is 1. The second-order valence-corrected chi connectivity index (χ2v) is 7.40. The molecule has 2 N–H and O–H groups in total. The van der Waals surface area contributed by atoms with E-state index in [2.05, 4.69) is 21.4 Å². The molecule has 0 saturated carbocycles. The van der Waals surface area contributed by atoms with Crippen molar-refractivity contribution in [1.82, 2.24) is 9.97 Å². The minimum absolute atomic E-state index is 0.131. The summed E-state index contributed by atoms with van der Waals surface area (Å²) in [5.41, 5.74) is 2.36. The number of para-hydroxylation sites is 1. The molecule has 3 rings (SSSR count). The zero-order valence-electron chi connectivity index (χ0n) is 13.0. The number of carbonyl (C=O) groups excluding carboxylic acids is 1. The van der Waals surface area contributed by atoms with Gasteiger partial charge in [0, 0.05) is 9.92 Å². The van der Waals surface area contributed by atoms with E-state index in [0.29, 0.717) is 21.6 Å². The lowest BCUT2D eigenvalue weighted by Gasteiger charge is -2.09. The summed E-state index contributed by atoms with van der Waals surface area (Å²) in [6, 6.07) is 14.9. The first-order valence-electron chi connectivity index (χ1n) is 7.32. The SMILES string of the molecule is N#CCSc1ccccc1NC(=O)CSc1nc2ccc(Cl)cc2[nH]1. The van der Waals surface area contributed by atoms with Gasteiger partial charge in [0.05, 0.1) is 34.3 Å². The minimum atomic E-state index is -0.131. The molecular formula is C17H13ClN4OS2. The van der Waals surface area contributed by atoms with Crippen LogP contribution >= 0.6 is 35.1 Å². The molecule has 1 amide bonds. The van der Waals surface area contributed by atoms with Crippen LogP contribution in [0, 0.1) is 11.3 Å². The van der Waals surface area contributed by atoms with Crippen molar-refractivity contribution >= 4 is 57.8 Å². The third-order valence-electron chi connectivity index (χ3n) is 3.22. The molecule has 0 fully saturated rings. The van der Waals surface area contributed by atoms with Crippen LogP contribution < -0.4 is 5.32 Å². The summed E-state index contributed by atoms with van der Waals surface area (Å²) in [6.45, 7) is 0. The molecule has 0 saturated heterocycles. The maximum Gasteiger partial charge on any atom is 0.234 e. The Labute approximate surface area is 158 Å². The third kappa shape index (κ3) is 4.69. The number of carbonyl (C=O) groups is 1. The zero-order chi connectivity index (χ0) is 17.6. The molecule has 25 heavy (non-hydrogen) atoms. The number of aromatic nitrogens is 2. The molecule has 0 spiro atoms. The number of amides is 1. The second-order valence-electron chi connectivity index (χ2n) is 4.98. The molecule has 2 aromatic carbocycles. The lowest BCUT2D eigenvalue weighted by Crippen LogP contribution is -2.14. The van der Waals surface area contributed by atoms with Crippen molar-refractivity contribution in [3.63, 3.8) is 0 Å². The molecule has 1 heterocycles. The van der Waals surface area contributed by atoms with E-state index in [-0.39, 0.29) is 11.7 Å². The fourth-order valence-corrected chi connectivity index (χ4v) is 3.68. The summed E-state index contributed by atoms with van der Waals surface area (Å²) in [4.78, 5) is 20.6. The zero-order valence-corrected chi connectivity index (χ0v) is 15.3. The number of H-pyrrole nitrogens is 1. The van der Waals surface area contributed by atoms with Crippen molar-refractivity contribution in [1.29, 1.82) is 5.26 Å². The maximum atomic E-state index is 12.2. The van der Waals surface area contributed by atoms with Gasteiger partial charge in [0.1, 0.15) is 0 Å². The number of rotatable bonds is 6. The van der Waals surface area contributed by atoms with E-state index < -0.39 is 0 Å². The first-order valence-corrected chi connectivity index (χ1v) is 9.67. The highest BCUT2D eigenvalue weighted by Crippen LogP contribution is 2.27. The normalized spacial score (nSPS) is 10.6. The lowest BCUT2D eigenvalue weighted by atomic mass is 10.3. The summed E-state index contributed by atoms with van der Waals surface area (Å²) < 4.78 is 0. The van der Waals surface area contributed by atoms with Crippen molar-refractivity contribution in [2.24, 2.45) is 0 Å². The molecular weight excluding hydrogens is 376 g/mol. The van der Waals surface area contributed by atoms with Gasteiger partial charge in [-0.3, -0.25) is 4.79 Å². The van der Waals surface area contributed by atoms with Crippen molar-refractivity contribution in [3.05, 3.63) is 47.5 Å². The van der Waals surface area contributed by atoms with Gasteiger partial charge in [0.2, 0.25) is 5.91 Å². The second kappa shape index (κ2) is 8.30. The number of imidazole rings is 1. The van der Waals surface area contributed by atoms with Gasteiger partial charge >= 0.3 is 0 Å². The number of benzene rings is 2. The van der Waals surface area contributed by atoms with Crippen LogP contribution in [0.3, 0.4) is 0 Å². The van der Waals surface area contributed by atoms with Crippen LogP contribution in [0.15, 0.2) is 52.5 Å². The highest BCUT2D eigenvalue weighted by Gasteiger charge is 2.10. The summed E-state index contributed by atoms with van der Waals surface area (Å²) in [5.74, 6) is 0.432. The number of hydrogen-bond donors (Lipinski definition) is 2. The molecule has 0 radical (unpaired) electrons. The van der Waals surface area contributed by atoms with Gasteiger partial charge in [-0.2, -0.15) is 5.26 Å². The van der Waals surface area contributed by atoms with Crippen molar-refractivity contribution in [3.8, 4) is 6.07 Å². The van der Waals surface area contributed by atoms with Crippen molar-refractivity contribution < 1.29 is 4.79 Å². The smallest absolute Gasteiger partial charge is 0.234 e. The Kier molecular flexibility index (Phi) is 5.87. The van der Waals surface area contributed by atoms with E-state index in [1.807, 2.05) is 30.3 Å². The molecule has 0 aliphatic rings. The maximum absolute atomic E-state index is 12.2. The van der Waals surface area contributed by atoms with Crippen LogP contribution in [-0.4, -0.2) is 27.4 Å². The monoisotopic (exact) mass is 388 g/mol. The number of nitrogens with one attached hydrogen (secondary N) is 2. The first kappa shape index (κ1) is 17.7. The van der Waals surface area contributed by atoms with E-state index in [4.69, 9.17) is 16.9 Å². The summed E-state index contributed by atoms with van der Waals surface area (Å²) >= 11 is 8.67. The molecule has 3 aromatic rings. The van der Waals surface area contributed by atoms with Gasteiger partial charge in [-0.1, -0.05) is 35.5 Å². The Bertz CT molecular complexity index is 951. The van der Waals surface area contributed by atoms with Crippen LogP contribution in [-0.2, 0) is 4.79 Å². The summed E-state index contributed by atoms with van der Waals surface area (Å²) in [5, 5.41) is 12.9. The van der Waals surface area contributed by atoms with Gasteiger partial charge in [0.15, 0.2) is 5.16 Å². The number of nitrogens with zero attached hydrogens (tertiary/aromatic N) is 2. The van der Waals surface area contributed by atoms with Gasteiger partial charge in [-0.25, -0.2) is 4.98 Å². The number of hydrogen-bond acceptors (Lipinski definition) is 5. The molecule has 0 bridgehead atoms. The average molecular weight is 389 g/mol. The Morgan fingerprint density at radius 1 is 1.28 bits per heavy atom. The van der Waals surface area contributed by atoms with E-state index in [1.165, 1.54) is 23.5 Å². The molecule has 5 nitrogen and oxygen atoms in total. The largest absolute Gasteiger partial charge is 0.333 e. The number of halogens is 1. The standard InChI is InChI=1S/C17H13ClN4OS2/c18-11-5-6-12-14(9-11)22-17(21-12)25-10-16(23)20-13-3-1-2-4-15(13)24-8-7-19/h1-6,9H,8,10H2,(H,20,23)(H,21,22). The van der Waals surface area contributed by atoms with Gasteiger partial charge in [-0.05, 0) is 30.3 Å². The predicted molar refractivity (Wildman–Crippen MR) is 103 cm³/mol. The molecule has 0 aliphatic heterocycles. The minimum Gasteiger partial charge on any atom is -0.333 e. The Balaban J connectivity index is 1.62. The highest BCUT2D eigenvalue weighted by atomic mass is 35.5. The van der Waals surface area contributed by atoms with Gasteiger partial charge < -0.3 is 10.3 Å². The Morgan fingerprint density at radius 2 is 2.12 bits per heavy atom. The number of fused-ring (bicyclic) bond motifs is 1. The molecule has 0 aliphatic carbocycles. The third-order valence-corrected chi connectivity index (χ3v) is 5.26. The molecule has 8 heteroatoms. The van der Waals surface area contributed by atoms with Crippen LogP contribution in [0.5, 0.6) is 0 Å². The van der Waals surface area contributed by atoms with Crippen LogP contribution in [0.25, 0.3) is 11.0 Å². The number of thioether (sulfide) groups is 2. The fourth-order valence-electron chi connectivity index (χ4n) is 2.15. The summed E-state index contributed by atoms with van der Waals surface area (Å²) in [7, 11) is 0. The molecule has 126 valence electrons. The quantitative estimate of drug-likeness (QED) is 0.605. The van der Waals surface area contributed by atoms with Crippen molar-refractivity contribution in [2.45, 2.75) is 10.1 Å². The fraction of sp³-hybridized carbons (Fsp3) is 0.118. The number of aromatic amines is 1. The highest BCUT2D eigenvalue weighted by molar-refractivity contribution is 8.00. The lowest BCUT2D eigenvalue weighted by molar-refractivity contribution is -0.113. The predicted octanol–water partition coefficient (Wildman–Crippen LogP) is 4.56. The van der Waals surface area contributed by atoms with E-state index in [1.54, 1.807) is 12.1 Å². The summed E-state index contributed by atoms with van der Waals surface area (Å²) in [6.07, 6.45) is 0. The molecule has 1 aromatic heterocycles. The first-order chi connectivity index (χ1) is 12.2. The van der Waals surface area contributed by atoms with Crippen LogP contribution in [0.1, 0.15) is 0 Å². The molecule has 0 atom stereocenters. The van der Waals surface area contributed by atoms with Crippen molar-refractivity contribution in [2.75, 3.05) is 16.8 Å². The van der Waals surface area contributed by atoms with E-state index in [9.17, 15) is 4.79 Å². The molecule has 0 unspecified atom stereocenters. The average Bonchev–Trinajstić information content (AvgIpc) is 3.01. The van der Waals surface area contributed by atoms with Gasteiger partial charge in [-0.15, -0.1) is 11.8 Å². The Hall–Kier alpha value is -2.14. The van der Waals surface area contributed by atoms with Gasteiger partial charge in [0.25, 0.3) is 0 Å². The van der Waals surface area contributed by atoms with Crippen LogP contribution in [0.2, 0.25) is 5.02 Å². The van der Waals surface area contributed by atoms with E-state index >= 15 is 0 Å². The topological polar surface area (TPSA) is 81.6 Å². The Morgan fingerprint density at radius 3 is 2.96 bits per heavy atom.